The van der Waals surface area contributed by atoms with E-state index in [9.17, 15) is 0 Å². The first-order chi connectivity index (χ1) is 5.72. The van der Waals surface area contributed by atoms with Crippen molar-refractivity contribution in [1.82, 2.24) is 0 Å². The molecular formula is C9H12O2S. The van der Waals surface area contributed by atoms with Crippen molar-refractivity contribution >= 4 is 11.8 Å². The van der Waals surface area contributed by atoms with E-state index in [-0.39, 0.29) is 6.61 Å². The third kappa shape index (κ3) is 2.85. The molecule has 0 bridgehead atoms. The van der Waals surface area contributed by atoms with Gasteiger partial charge in [-0.1, -0.05) is 23.9 Å². The highest BCUT2D eigenvalue weighted by atomic mass is 32.2. The van der Waals surface area contributed by atoms with Gasteiger partial charge in [-0.2, -0.15) is 0 Å². The molecule has 1 rings (SSSR count). The summed E-state index contributed by atoms with van der Waals surface area (Å²) in [6, 6.07) is 7.51. The number of aliphatic hydroxyl groups excluding tert-OH is 2. The first-order valence-electron chi connectivity index (χ1n) is 3.77. The van der Waals surface area contributed by atoms with E-state index >= 15 is 0 Å². The number of benzene rings is 1. The van der Waals surface area contributed by atoms with E-state index < -0.39 is 5.44 Å². The summed E-state index contributed by atoms with van der Waals surface area (Å²) in [5, 5.41) is 17.9. The summed E-state index contributed by atoms with van der Waals surface area (Å²) in [5.74, 6) is 0. The van der Waals surface area contributed by atoms with Crippen molar-refractivity contribution in [2.75, 3.05) is 0 Å². The largest absolute Gasteiger partial charge is 0.392 e. The summed E-state index contributed by atoms with van der Waals surface area (Å²) in [4.78, 5) is 0.983. The minimum Gasteiger partial charge on any atom is -0.392 e. The molecule has 0 heterocycles. The van der Waals surface area contributed by atoms with Crippen molar-refractivity contribution < 1.29 is 10.2 Å². The molecule has 3 heteroatoms. The van der Waals surface area contributed by atoms with E-state index in [1.165, 1.54) is 11.8 Å². The Kier molecular flexibility index (Phi) is 3.59. The van der Waals surface area contributed by atoms with Crippen LogP contribution in [0.25, 0.3) is 0 Å². The molecule has 0 aliphatic carbocycles. The fourth-order valence-electron chi connectivity index (χ4n) is 0.914. The van der Waals surface area contributed by atoms with Crippen molar-refractivity contribution in [3.63, 3.8) is 0 Å². The molecule has 0 aliphatic rings. The maximum absolute atomic E-state index is 9.07. The van der Waals surface area contributed by atoms with Crippen LogP contribution < -0.4 is 0 Å². The number of aliphatic hydroxyl groups is 2. The first-order valence-corrected chi connectivity index (χ1v) is 4.65. The molecule has 0 amide bonds. The van der Waals surface area contributed by atoms with E-state index in [0.717, 1.165) is 10.5 Å². The zero-order valence-corrected chi connectivity index (χ0v) is 7.71. The van der Waals surface area contributed by atoms with E-state index in [2.05, 4.69) is 0 Å². The lowest BCUT2D eigenvalue weighted by Crippen LogP contribution is -1.91. The first kappa shape index (κ1) is 9.58. The summed E-state index contributed by atoms with van der Waals surface area (Å²) in [5.41, 5.74) is 0.472. The summed E-state index contributed by atoms with van der Waals surface area (Å²) >= 11 is 1.37. The van der Waals surface area contributed by atoms with Gasteiger partial charge in [0.1, 0.15) is 5.44 Å². The summed E-state index contributed by atoms with van der Waals surface area (Å²) < 4.78 is 0. The Labute approximate surface area is 76.2 Å². The van der Waals surface area contributed by atoms with Crippen molar-refractivity contribution in [3.05, 3.63) is 29.8 Å². The van der Waals surface area contributed by atoms with E-state index in [0.29, 0.717) is 0 Å². The zero-order chi connectivity index (χ0) is 8.97. The topological polar surface area (TPSA) is 40.5 Å². The van der Waals surface area contributed by atoms with Gasteiger partial charge in [0, 0.05) is 4.90 Å². The molecule has 0 radical (unpaired) electrons. The Morgan fingerprint density at radius 1 is 1.50 bits per heavy atom. The molecule has 66 valence electrons. The maximum atomic E-state index is 9.07. The average Bonchev–Trinajstić information content (AvgIpc) is 2.03. The maximum Gasteiger partial charge on any atom is 0.101 e. The highest BCUT2D eigenvalue weighted by Gasteiger charge is 1.99. The van der Waals surface area contributed by atoms with E-state index in [4.69, 9.17) is 10.2 Å². The number of thioether (sulfide) groups is 1. The molecule has 0 saturated heterocycles. The van der Waals surface area contributed by atoms with Crippen LogP contribution in [0.2, 0.25) is 0 Å². The van der Waals surface area contributed by atoms with Crippen LogP contribution in [0.5, 0.6) is 0 Å². The SMILES string of the molecule is CC(O)Sc1cccc(CO)c1. The number of rotatable bonds is 3. The van der Waals surface area contributed by atoms with Gasteiger partial charge in [0.15, 0.2) is 0 Å². The highest BCUT2D eigenvalue weighted by Crippen LogP contribution is 2.22. The van der Waals surface area contributed by atoms with Crippen LogP contribution in [-0.4, -0.2) is 15.6 Å². The van der Waals surface area contributed by atoms with Gasteiger partial charge in [0.2, 0.25) is 0 Å². The molecule has 2 N–H and O–H groups in total. The Bertz CT molecular complexity index is 248. The van der Waals surface area contributed by atoms with Gasteiger partial charge in [-0.3, -0.25) is 0 Å². The molecule has 1 atom stereocenters. The van der Waals surface area contributed by atoms with Gasteiger partial charge >= 0.3 is 0 Å². The Morgan fingerprint density at radius 2 is 2.25 bits per heavy atom. The Hall–Kier alpha value is -0.510. The Morgan fingerprint density at radius 3 is 2.83 bits per heavy atom. The van der Waals surface area contributed by atoms with E-state index in [1.807, 2.05) is 24.3 Å². The van der Waals surface area contributed by atoms with Crippen LogP contribution in [0, 0.1) is 0 Å². The number of hydrogen-bond acceptors (Lipinski definition) is 3. The van der Waals surface area contributed by atoms with Crippen LogP contribution in [0.3, 0.4) is 0 Å². The summed E-state index contributed by atoms with van der Waals surface area (Å²) in [6.45, 7) is 1.77. The molecule has 0 aliphatic heterocycles. The summed E-state index contributed by atoms with van der Waals surface area (Å²) in [6.07, 6.45) is 0. The van der Waals surface area contributed by atoms with Crippen molar-refractivity contribution in [1.29, 1.82) is 0 Å². The summed E-state index contributed by atoms with van der Waals surface area (Å²) in [7, 11) is 0. The monoisotopic (exact) mass is 184 g/mol. The van der Waals surface area contributed by atoms with Gasteiger partial charge in [-0.25, -0.2) is 0 Å². The zero-order valence-electron chi connectivity index (χ0n) is 6.90. The average molecular weight is 184 g/mol. The van der Waals surface area contributed by atoms with Gasteiger partial charge in [0.25, 0.3) is 0 Å². The molecular weight excluding hydrogens is 172 g/mol. The van der Waals surface area contributed by atoms with E-state index in [1.54, 1.807) is 6.92 Å². The van der Waals surface area contributed by atoms with Crippen molar-refractivity contribution in [2.45, 2.75) is 23.9 Å². The smallest absolute Gasteiger partial charge is 0.101 e. The van der Waals surface area contributed by atoms with Crippen LogP contribution in [0.1, 0.15) is 12.5 Å². The second kappa shape index (κ2) is 4.50. The predicted molar refractivity (Wildman–Crippen MR) is 49.9 cm³/mol. The van der Waals surface area contributed by atoms with Gasteiger partial charge in [0.05, 0.1) is 6.61 Å². The molecule has 0 fully saturated rings. The van der Waals surface area contributed by atoms with Crippen LogP contribution in [0.4, 0.5) is 0 Å². The molecule has 0 spiro atoms. The fraction of sp³-hybridized carbons (Fsp3) is 0.333. The van der Waals surface area contributed by atoms with Crippen molar-refractivity contribution in [2.24, 2.45) is 0 Å². The second-order valence-electron chi connectivity index (χ2n) is 2.52. The van der Waals surface area contributed by atoms with Crippen molar-refractivity contribution in [3.8, 4) is 0 Å². The molecule has 1 aromatic rings. The molecule has 0 saturated carbocycles. The highest BCUT2D eigenvalue weighted by molar-refractivity contribution is 7.99. The fourth-order valence-corrected chi connectivity index (χ4v) is 1.68. The normalized spacial score (nSPS) is 12.9. The molecule has 1 unspecified atom stereocenters. The lowest BCUT2D eigenvalue weighted by Gasteiger charge is -2.04. The predicted octanol–water partition coefficient (Wildman–Crippen LogP) is 1.61. The molecule has 0 aromatic heterocycles. The minimum absolute atomic E-state index is 0.0498. The molecule has 1 aromatic carbocycles. The van der Waals surface area contributed by atoms with Gasteiger partial charge < -0.3 is 10.2 Å². The molecule has 2 nitrogen and oxygen atoms in total. The van der Waals surface area contributed by atoms with Gasteiger partial charge in [-0.15, -0.1) is 0 Å². The molecule has 12 heavy (non-hydrogen) atoms. The quantitative estimate of drug-likeness (QED) is 0.554. The van der Waals surface area contributed by atoms with Crippen LogP contribution in [-0.2, 0) is 6.61 Å². The lowest BCUT2D eigenvalue weighted by molar-refractivity contribution is 0.280. The van der Waals surface area contributed by atoms with Crippen LogP contribution in [0.15, 0.2) is 29.2 Å². The van der Waals surface area contributed by atoms with Gasteiger partial charge in [-0.05, 0) is 24.6 Å². The Balaban J connectivity index is 2.72. The van der Waals surface area contributed by atoms with Crippen LogP contribution >= 0.6 is 11.8 Å². The standard InChI is InChI=1S/C9H12O2S/c1-7(11)12-9-4-2-3-8(5-9)6-10/h2-5,7,10-11H,6H2,1H3. The third-order valence-corrected chi connectivity index (χ3v) is 2.25. The number of hydrogen-bond donors (Lipinski definition) is 2. The third-order valence-electron chi connectivity index (χ3n) is 1.39. The second-order valence-corrected chi connectivity index (χ2v) is 3.91. The lowest BCUT2D eigenvalue weighted by atomic mass is 10.2. The minimum atomic E-state index is -0.404.